The van der Waals surface area contributed by atoms with Crippen molar-refractivity contribution in [2.75, 3.05) is 0 Å². The molecular formula is C13H18ClN3O2. The number of nitrogens with one attached hydrogen (secondary N) is 1. The van der Waals surface area contributed by atoms with Gasteiger partial charge in [-0.3, -0.25) is 4.68 Å². The number of halogens is 1. The molecule has 0 aliphatic carbocycles. The lowest BCUT2D eigenvalue weighted by Crippen LogP contribution is -2.12. The van der Waals surface area contributed by atoms with Crippen LogP contribution in [0.4, 0.5) is 0 Å². The van der Waals surface area contributed by atoms with Crippen molar-refractivity contribution in [1.29, 1.82) is 0 Å². The first-order chi connectivity index (χ1) is 8.69. The van der Waals surface area contributed by atoms with Crippen LogP contribution in [0.25, 0.3) is 0 Å². The molecule has 1 aromatic heterocycles. The Morgan fingerprint density at radius 2 is 2.05 bits per heavy atom. The van der Waals surface area contributed by atoms with Gasteiger partial charge in [0.05, 0.1) is 6.20 Å². The molecule has 6 heteroatoms. The molecule has 0 saturated carbocycles. The zero-order valence-corrected chi connectivity index (χ0v) is 11.5. The van der Waals surface area contributed by atoms with E-state index in [1.165, 1.54) is 6.07 Å². The molecule has 0 atom stereocenters. The van der Waals surface area contributed by atoms with Gasteiger partial charge < -0.3 is 15.5 Å². The Bertz CT molecular complexity index is 528. The molecule has 0 aliphatic rings. The highest BCUT2D eigenvalue weighted by molar-refractivity contribution is 5.85. The molecule has 5 nitrogen and oxygen atoms in total. The number of benzene rings is 1. The van der Waals surface area contributed by atoms with Crippen molar-refractivity contribution in [3.63, 3.8) is 0 Å². The van der Waals surface area contributed by atoms with E-state index in [1.54, 1.807) is 12.1 Å². The Kier molecular flexibility index (Phi) is 5.66. The van der Waals surface area contributed by atoms with Gasteiger partial charge in [0.25, 0.3) is 0 Å². The summed E-state index contributed by atoms with van der Waals surface area (Å²) >= 11 is 0. The molecular weight excluding hydrogens is 266 g/mol. The van der Waals surface area contributed by atoms with Gasteiger partial charge >= 0.3 is 0 Å². The lowest BCUT2D eigenvalue weighted by atomic mass is 10.2. The van der Waals surface area contributed by atoms with Crippen LogP contribution in [0.1, 0.15) is 18.1 Å². The molecule has 104 valence electrons. The number of aryl methyl sites for hydroxylation is 1. The van der Waals surface area contributed by atoms with Gasteiger partial charge in [-0.1, -0.05) is 6.07 Å². The molecule has 0 bridgehead atoms. The number of nitrogens with zero attached hydrogens (tertiary/aromatic N) is 2. The average molecular weight is 284 g/mol. The van der Waals surface area contributed by atoms with Crippen LogP contribution in [0.3, 0.4) is 0 Å². The van der Waals surface area contributed by atoms with Crippen LogP contribution in [0, 0.1) is 0 Å². The van der Waals surface area contributed by atoms with E-state index in [-0.39, 0.29) is 23.9 Å². The summed E-state index contributed by atoms with van der Waals surface area (Å²) in [6.45, 7) is 4.14. The first-order valence-corrected chi connectivity index (χ1v) is 5.92. The van der Waals surface area contributed by atoms with E-state index in [0.717, 1.165) is 17.7 Å². The maximum atomic E-state index is 9.61. The number of rotatable bonds is 5. The van der Waals surface area contributed by atoms with Gasteiger partial charge in [-0.25, -0.2) is 0 Å². The van der Waals surface area contributed by atoms with Crippen molar-refractivity contribution in [3.8, 4) is 11.5 Å². The lowest BCUT2D eigenvalue weighted by molar-refractivity contribution is 0.443. The van der Waals surface area contributed by atoms with Crippen LogP contribution in [-0.4, -0.2) is 20.0 Å². The Hall–Kier alpha value is -1.72. The van der Waals surface area contributed by atoms with E-state index in [2.05, 4.69) is 10.4 Å². The van der Waals surface area contributed by atoms with Crippen LogP contribution < -0.4 is 5.32 Å². The maximum absolute atomic E-state index is 9.61. The van der Waals surface area contributed by atoms with Gasteiger partial charge in [-0.2, -0.15) is 5.10 Å². The molecule has 1 heterocycles. The fourth-order valence-electron chi connectivity index (χ4n) is 1.71. The quantitative estimate of drug-likeness (QED) is 0.785. The highest BCUT2D eigenvalue weighted by Crippen LogP contribution is 2.22. The standard InChI is InChI=1S/C13H17N3O2.ClH/c1-2-16-9-10(7-15-16)6-14-8-11-3-4-12(17)5-13(11)18;/h3-5,7,9,14,17-18H,2,6,8H2,1H3;1H. The smallest absolute Gasteiger partial charge is 0.123 e. The second-order valence-corrected chi connectivity index (χ2v) is 4.12. The van der Waals surface area contributed by atoms with E-state index in [9.17, 15) is 10.2 Å². The molecule has 0 radical (unpaired) electrons. The minimum Gasteiger partial charge on any atom is -0.508 e. The molecule has 0 spiro atoms. The summed E-state index contributed by atoms with van der Waals surface area (Å²) in [6, 6.07) is 4.60. The van der Waals surface area contributed by atoms with Gasteiger partial charge in [-0.15, -0.1) is 12.4 Å². The second-order valence-electron chi connectivity index (χ2n) is 4.12. The van der Waals surface area contributed by atoms with E-state index in [4.69, 9.17) is 0 Å². The molecule has 3 N–H and O–H groups in total. The van der Waals surface area contributed by atoms with Crippen molar-refractivity contribution < 1.29 is 10.2 Å². The summed E-state index contributed by atoms with van der Waals surface area (Å²) in [6.07, 6.45) is 3.82. The van der Waals surface area contributed by atoms with Crippen molar-refractivity contribution >= 4 is 12.4 Å². The third kappa shape index (κ3) is 4.15. The minimum atomic E-state index is 0. The van der Waals surface area contributed by atoms with Gasteiger partial charge in [0.2, 0.25) is 0 Å². The highest BCUT2D eigenvalue weighted by atomic mass is 35.5. The molecule has 0 fully saturated rings. The second kappa shape index (κ2) is 7.01. The summed E-state index contributed by atoms with van der Waals surface area (Å²) in [7, 11) is 0. The predicted octanol–water partition coefficient (Wildman–Crippen LogP) is 2.03. The van der Waals surface area contributed by atoms with E-state index >= 15 is 0 Å². The summed E-state index contributed by atoms with van der Waals surface area (Å²) in [5.74, 6) is 0.173. The minimum absolute atomic E-state index is 0. The fourth-order valence-corrected chi connectivity index (χ4v) is 1.71. The average Bonchev–Trinajstić information content (AvgIpc) is 2.80. The third-order valence-electron chi connectivity index (χ3n) is 2.72. The predicted molar refractivity (Wildman–Crippen MR) is 75.5 cm³/mol. The summed E-state index contributed by atoms with van der Waals surface area (Å²) in [5.41, 5.74) is 1.87. The molecule has 19 heavy (non-hydrogen) atoms. The van der Waals surface area contributed by atoms with Gasteiger partial charge in [0, 0.05) is 43.0 Å². The van der Waals surface area contributed by atoms with E-state index < -0.39 is 0 Å². The SMILES string of the molecule is CCn1cc(CNCc2ccc(O)cc2O)cn1.Cl. The summed E-state index contributed by atoms with van der Waals surface area (Å²) < 4.78 is 1.87. The number of phenolic OH excluding ortho intramolecular Hbond substituents is 2. The monoisotopic (exact) mass is 283 g/mol. The largest absolute Gasteiger partial charge is 0.508 e. The van der Waals surface area contributed by atoms with E-state index in [0.29, 0.717) is 13.1 Å². The Morgan fingerprint density at radius 3 is 2.68 bits per heavy atom. The zero-order valence-electron chi connectivity index (χ0n) is 10.7. The normalized spacial score (nSPS) is 10.2. The summed E-state index contributed by atoms with van der Waals surface area (Å²) in [4.78, 5) is 0. The van der Waals surface area contributed by atoms with Crippen molar-refractivity contribution in [2.24, 2.45) is 0 Å². The van der Waals surface area contributed by atoms with Gasteiger partial charge in [0.1, 0.15) is 11.5 Å². The van der Waals surface area contributed by atoms with Crippen LogP contribution >= 0.6 is 12.4 Å². The molecule has 0 unspecified atom stereocenters. The maximum Gasteiger partial charge on any atom is 0.123 e. The number of phenols is 2. The van der Waals surface area contributed by atoms with Crippen molar-refractivity contribution in [3.05, 3.63) is 41.7 Å². The van der Waals surface area contributed by atoms with Gasteiger partial charge in [0.15, 0.2) is 0 Å². The summed E-state index contributed by atoms with van der Waals surface area (Å²) in [5, 5.41) is 26.2. The topological polar surface area (TPSA) is 70.3 Å². The fraction of sp³-hybridized carbons (Fsp3) is 0.308. The third-order valence-corrected chi connectivity index (χ3v) is 2.72. The first-order valence-electron chi connectivity index (χ1n) is 5.92. The highest BCUT2D eigenvalue weighted by Gasteiger charge is 2.02. The van der Waals surface area contributed by atoms with Crippen molar-refractivity contribution in [2.45, 2.75) is 26.6 Å². The van der Waals surface area contributed by atoms with Crippen LogP contribution in [0.15, 0.2) is 30.6 Å². The van der Waals surface area contributed by atoms with Gasteiger partial charge in [-0.05, 0) is 13.0 Å². The number of hydrogen-bond donors (Lipinski definition) is 3. The van der Waals surface area contributed by atoms with Crippen LogP contribution in [0.5, 0.6) is 11.5 Å². The molecule has 0 saturated heterocycles. The molecule has 0 amide bonds. The first kappa shape index (κ1) is 15.3. The Labute approximate surface area is 118 Å². The number of hydrogen-bond acceptors (Lipinski definition) is 4. The number of aromatic hydroxyl groups is 2. The van der Waals surface area contributed by atoms with Crippen LogP contribution in [0.2, 0.25) is 0 Å². The Balaban J connectivity index is 0.00000180. The zero-order chi connectivity index (χ0) is 13.0. The van der Waals surface area contributed by atoms with E-state index in [1.807, 2.05) is 24.0 Å². The lowest BCUT2D eigenvalue weighted by Gasteiger charge is -2.06. The molecule has 1 aromatic carbocycles. The molecule has 0 aliphatic heterocycles. The van der Waals surface area contributed by atoms with Crippen molar-refractivity contribution in [1.82, 2.24) is 15.1 Å². The number of aromatic nitrogens is 2. The molecule has 2 aromatic rings. The molecule has 2 rings (SSSR count). The van der Waals surface area contributed by atoms with Crippen LogP contribution in [-0.2, 0) is 19.6 Å². The Morgan fingerprint density at radius 1 is 1.26 bits per heavy atom.